The maximum Gasteiger partial charge on any atom is 0.422 e. The summed E-state index contributed by atoms with van der Waals surface area (Å²) < 4.78 is 54.5. The van der Waals surface area contributed by atoms with E-state index in [0.717, 1.165) is 12.1 Å². The van der Waals surface area contributed by atoms with Crippen molar-refractivity contribution in [2.75, 3.05) is 56.7 Å². The van der Waals surface area contributed by atoms with Crippen molar-refractivity contribution in [1.29, 1.82) is 0 Å². The molecule has 224 valence electrons. The molecule has 42 heavy (non-hydrogen) atoms. The Morgan fingerprint density at radius 3 is 2.40 bits per heavy atom. The van der Waals surface area contributed by atoms with Crippen molar-refractivity contribution in [1.82, 2.24) is 25.6 Å². The summed E-state index contributed by atoms with van der Waals surface area (Å²) in [5.41, 5.74) is 1.65. The predicted octanol–water partition coefficient (Wildman–Crippen LogP) is 3.53. The highest BCUT2D eigenvalue weighted by Gasteiger charge is 2.38. The minimum atomic E-state index is -4.56. The summed E-state index contributed by atoms with van der Waals surface area (Å²) in [4.78, 5) is 25.1. The second kappa shape index (κ2) is 12.8. The van der Waals surface area contributed by atoms with Gasteiger partial charge in [0.1, 0.15) is 5.75 Å². The van der Waals surface area contributed by atoms with Gasteiger partial charge in [-0.25, -0.2) is 0 Å². The van der Waals surface area contributed by atoms with Crippen LogP contribution in [0.4, 0.5) is 30.8 Å². The van der Waals surface area contributed by atoms with Crippen molar-refractivity contribution in [3.63, 3.8) is 0 Å². The van der Waals surface area contributed by atoms with Gasteiger partial charge in [-0.2, -0.15) is 28.1 Å². The summed E-state index contributed by atoms with van der Waals surface area (Å²) in [6.07, 6.45) is -4.56. The van der Waals surface area contributed by atoms with E-state index in [4.69, 9.17) is 14.2 Å². The van der Waals surface area contributed by atoms with Gasteiger partial charge in [0.25, 0.3) is 5.91 Å². The fourth-order valence-corrected chi connectivity index (χ4v) is 4.33. The molecule has 6 heterocycles. The number of aromatic nitrogens is 3. The van der Waals surface area contributed by atoms with Crippen molar-refractivity contribution >= 4 is 23.5 Å². The third-order valence-electron chi connectivity index (χ3n) is 6.72. The number of hydrogen-bond acceptors (Lipinski definition) is 10. The zero-order valence-electron chi connectivity index (χ0n) is 23.0. The van der Waals surface area contributed by atoms with Gasteiger partial charge >= 0.3 is 12.2 Å². The highest BCUT2D eigenvalue weighted by molar-refractivity contribution is 5.94. The number of benzene rings is 2. The number of nitrogens with one attached hydrogen (secondary N) is 4. The van der Waals surface area contributed by atoms with E-state index in [1.54, 1.807) is 24.3 Å². The van der Waals surface area contributed by atoms with Crippen LogP contribution in [0.15, 0.2) is 48.5 Å². The lowest BCUT2D eigenvalue weighted by molar-refractivity contribution is -0.154. The number of halogens is 3. The molecule has 0 radical (unpaired) electrons. The van der Waals surface area contributed by atoms with E-state index < -0.39 is 18.8 Å². The third-order valence-corrected chi connectivity index (χ3v) is 6.72. The molecule has 3 aromatic rings. The fourth-order valence-electron chi connectivity index (χ4n) is 4.33. The van der Waals surface area contributed by atoms with Crippen molar-refractivity contribution in [3.05, 3.63) is 59.7 Å². The first-order valence-electron chi connectivity index (χ1n) is 13.5. The molecule has 0 unspecified atom stereocenters. The normalized spacial score (nSPS) is 19.4. The maximum absolute atomic E-state index is 12.8. The lowest BCUT2D eigenvalue weighted by atomic mass is 9.85. The topological polar surface area (TPSA) is 132 Å². The lowest BCUT2D eigenvalue weighted by Gasteiger charge is -2.42. The molecular weight excluding hydrogens is 555 g/mol. The van der Waals surface area contributed by atoms with Crippen LogP contribution in [-0.2, 0) is 11.3 Å². The molecule has 14 heteroatoms. The summed E-state index contributed by atoms with van der Waals surface area (Å²) in [7, 11) is 0. The highest BCUT2D eigenvalue weighted by atomic mass is 19.4. The van der Waals surface area contributed by atoms with Crippen LogP contribution in [0.2, 0.25) is 0 Å². The molecule has 5 aliphatic heterocycles. The van der Waals surface area contributed by atoms with Crippen molar-refractivity contribution < 1.29 is 32.2 Å². The van der Waals surface area contributed by atoms with Gasteiger partial charge in [0.05, 0.1) is 19.8 Å². The minimum Gasteiger partial charge on any atom is -0.493 e. The number of amides is 1. The van der Waals surface area contributed by atoms with Crippen LogP contribution >= 0.6 is 0 Å². The number of rotatable bonds is 2. The number of carbonyl (C=O) groups is 1. The second-order valence-electron chi connectivity index (χ2n) is 10.6. The van der Waals surface area contributed by atoms with Gasteiger partial charge in [-0.1, -0.05) is 19.1 Å². The molecule has 5 aliphatic rings. The Morgan fingerprint density at radius 1 is 0.976 bits per heavy atom. The largest absolute Gasteiger partial charge is 0.493 e. The van der Waals surface area contributed by atoms with E-state index in [-0.39, 0.29) is 35.7 Å². The summed E-state index contributed by atoms with van der Waals surface area (Å²) in [5, 5.41) is 12.4. The predicted molar refractivity (Wildman–Crippen MR) is 148 cm³/mol. The van der Waals surface area contributed by atoms with Gasteiger partial charge in [-0.3, -0.25) is 4.79 Å². The monoisotopic (exact) mass is 587 g/mol. The first-order chi connectivity index (χ1) is 20.1. The smallest absolute Gasteiger partial charge is 0.422 e. The Kier molecular flexibility index (Phi) is 8.92. The molecule has 4 N–H and O–H groups in total. The second-order valence-corrected chi connectivity index (χ2v) is 10.6. The van der Waals surface area contributed by atoms with Gasteiger partial charge in [0.2, 0.25) is 11.9 Å². The molecule has 11 nitrogen and oxygen atoms in total. The van der Waals surface area contributed by atoms with E-state index in [2.05, 4.69) is 43.1 Å². The summed E-state index contributed by atoms with van der Waals surface area (Å²) in [5.74, 6) is 0.707. The molecule has 1 atom stereocenters. The first kappa shape index (κ1) is 29.3. The standard InChI is InChI=1S/C28H32F3N7O4/c1-18-10-32-13-27(15-40-16-27)14-34-23(39)20-4-6-21(7-5-20)35-25-36-24(37-26(38-25)42-17-28(29,30)31)33-11-19-2-8-22(9-3-19)41-12-18/h2-9,18,32H,10-17H2,1H3,(H,34,39)(H2,33,35,36,37,38)/t18-/m1/s1. The van der Waals surface area contributed by atoms with Crippen molar-refractivity contribution in [2.45, 2.75) is 19.6 Å². The molecule has 2 aromatic carbocycles. The summed E-state index contributed by atoms with van der Waals surface area (Å²) >= 11 is 0. The van der Waals surface area contributed by atoms with E-state index in [0.29, 0.717) is 49.9 Å². The molecule has 1 saturated heterocycles. The van der Waals surface area contributed by atoms with Gasteiger partial charge in [-0.05, 0) is 42.0 Å². The van der Waals surface area contributed by atoms with Crippen LogP contribution in [0.25, 0.3) is 0 Å². The fraction of sp³-hybridized carbons (Fsp3) is 0.429. The zero-order valence-corrected chi connectivity index (χ0v) is 23.0. The zero-order chi connectivity index (χ0) is 29.6. The van der Waals surface area contributed by atoms with E-state index in [9.17, 15) is 18.0 Å². The highest BCUT2D eigenvalue weighted by Crippen LogP contribution is 2.26. The summed E-state index contributed by atoms with van der Waals surface area (Å²) in [6.45, 7) is 4.35. The lowest BCUT2D eigenvalue weighted by Crippen LogP contribution is -2.56. The molecule has 1 fully saturated rings. The number of alkyl halides is 3. The van der Waals surface area contributed by atoms with Crippen LogP contribution in [0, 0.1) is 11.3 Å². The Hall–Kier alpha value is -4.17. The molecule has 0 aliphatic carbocycles. The molecule has 1 amide bonds. The van der Waals surface area contributed by atoms with Gasteiger partial charge in [-0.15, -0.1) is 0 Å². The molecule has 8 rings (SSSR count). The van der Waals surface area contributed by atoms with E-state index in [1.807, 2.05) is 24.3 Å². The van der Waals surface area contributed by atoms with Crippen LogP contribution in [0.5, 0.6) is 11.8 Å². The van der Waals surface area contributed by atoms with Crippen LogP contribution in [0.1, 0.15) is 22.8 Å². The molecule has 0 saturated carbocycles. The quantitative estimate of drug-likeness (QED) is 0.353. The van der Waals surface area contributed by atoms with Crippen LogP contribution < -0.4 is 30.7 Å². The Morgan fingerprint density at radius 2 is 1.71 bits per heavy atom. The average molecular weight is 588 g/mol. The SMILES string of the molecule is C[C@@H]1CNCC2(CNC(=O)c3ccc(cc3)Nc3nc(nc(OCC(F)(F)F)n3)NCc3ccc(cc3)OC1)COC2. The maximum atomic E-state index is 12.8. The third kappa shape index (κ3) is 8.19. The summed E-state index contributed by atoms with van der Waals surface area (Å²) in [6, 6.07) is 13.5. The Bertz CT molecular complexity index is 1350. The van der Waals surface area contributed by atoms with Crippen molar-refractivity contribution in [2.24, 2.45) is 11.3 Å². The molecular formula is C28H32F3N7O4. The first-order valence-corrected chi connectivity index (χ1v) is 13.5. The van der Waals surface area contributed by atoms with E-state index >= 15 is 0 Å². The van der Waals surface area contributed by atoms with Gasteiger partial charge in [0, 0.05) is 48.8 Å². The number of ether oxygens (including phenoxy) is 3. The van der Waals surface area contributed by atoms with Crippen molar-refractivity contribution in [3.8, 4) is 11.8 Å². The molecule has 6 bridgehead atoms. The number of anilines is 3. The number of nitrogens with zero attached hydrogens (tertiary/aromatic N) is 3. The van der Waals surface area contributed by atoms with Crippen LogP contribution in [-0.4, -0.2) is 73.1 Å². The number of hydrogen-bond donors (Lipinski definition) is 4. The molecule has 1 spiro atoms. The Labute approximate surface area is 240 Å². The minimum absolute atomic E-state index is 0.0192. The molecule has 1 aromatic heterocycles. The van der Waals surface area contributed by atoms with Gasteiger partial charge in [0.15, 0.2) is 6.61 Å². The van der Waals surface area contributed by atoms with E-state index in [1.165, 1.54) is 0 Å². The number of carbonyl (C=O) groups excluding carboxylic acids is 1. The average Bonchev–Trinajstić information content (AvgIpc) is 2.95. The van der Waals surface area contributed by atoms with Crippen LogP contribution in [0.3, 0.4) is 0 Å². The van der Waals surface area contributed by atoms with Gasteiger partial charge < -0.3 is 35.5 Å². The Balaban J connectivity index is 1.37.